The zero-order valence-electron chi connectivity index (χ0n) is 16.5. The van der Waals surface area contributed by atoms with Gasteiger partial charge in [-0.3, -0.25) is 0 Å². The monoisotopic (exact) mass is 480 g/mol. The van der Waals surface area contributed by atoms with Gasteiger partial charge in [-0.1, -0.05) is 82.6 Å². The van der Waals surface area contributed by atoms with Crippen LogP contribution in [0.4, 0.5) is 0 Å². The molecular formula is C24H33IO2. The number of unbranched alkanes of at least 4 members (excludes halogenated alkanes) is 7. The van der Waals surface area contributed by atoms with Crippen LogP contribution in [-0.2, 0) is 0 Å². The average Bonchev–Trinajstić information content (AvgIpc) is 2.69. The lowest BCUT2D eigenvalue weighted by Crippen LogP contribution is -2.17. The SMILES string of the molecule is CCCCCCCCCCC(O)COc1ccc(-c2ccc(I)cc2)cc1. The Morgan fingerprint density at radius 2 is 1.30 bits per heavy atom. The van der Waals surface area contributed by atoms with E-state index in [9.17, 15) is 5.11 Å². The number of hydrogen-bond donors (Lipinski definition) is 1. The van der Waals surface area contributed by atoms with E-state index < -0.39 is 0 Å². The van der Waals surface area contributed by atoms with E-state index >= 15 is 0 Å². The van der Waals surface area contributed by atoms with Gasteiger partial charge in [-0.05, 0) is 64.4 Å². The lowest BCUT2D eigenvalue weighted by atomic mass is 10.1. The molecule has 0 amide bonds. The molecule has 0 saturated carbocycles. The van der Waals surface area contributed by atoms with Crippen molar-refractivity contribution < 1.29 is 9.84 Å². The number of rotatable bonds is 13. The Hall–Kier alpha value is -1.07. The first-order chi connectivity index (χ1) is 13.2. The van der Waals surface area contributed by atoms with Crippen molar-refractivity contribution in [2.45, 2.75) is 70.8 Å². The van der Waals surface area contributed by atoms with Gasteiger partial charge >= 0.3 is 0 Å². The van der Waals surface area contributed by atoms with Gasteiger partial charge in [0, 0.05) is 3.57 Å². The van der Waals surface area contributed by atoms with Crippen molar-refractivity contribution in [3.05, 3.63) is 52.1 Å². The predicted octanol–water partition coefficient (Wildman–Crippen LogP) is 7.23. The van der Waals surface area contributed by atoms with Crippen molar-refractivity contribution in [3.8, 4) is 16.9 Å². The Kier molecular flexibility index (Phi) is 10.8. The second kappa shape index (κ2) is 13.2. The highest BCUT2D eigenvalue weighted by Gasteiger charge is 2.06. The third kappa shape index (κ3) is 9.11. The topological polar surface area (TPSA) is 29.5 Å². The summed E-state index contributed by atoms with van der Waals surface area (Å²) in [6, 6.07) is 16.6. The summed E-state index contributed by atoms with van der Waals surface area (Å²) in [5.74, 6) is 0.819. The summed E-state index contributed by atoms with van der Waals surface area (Å²) in [6.45, 7) is 2.63. The number of aliphatic hydroxyl groups excluding tert-OH is 1. The van der Waals surface area contributed by atoms with Crippen LogP contribution >= 0.6 is 22.6 Å². The second-order valence-corrected chi connectivity index (χ2v) is 8.51. The minimum Gasteiger partial charge on any atom is -0.491 e. The Morgan fingerprint density at radius 3 is 1.89 bits per heavy atom. The lowest BCUT2D eigenvalue weighted by Gasteiger charge is -2.13. The highest BCUT2D eigenvalue weighted by molar-refractivity contribution is 14.1. The molecular weight excluding hydrogens is 447 g/mol. The molecule has 2 aromatic rings. The third-order valence-electron chi connectivity index (χ3n) is 4.87. The molecule has 0 aromatic heterocycles. The molecule has 3 heteroatoms. The fourth-order valence-corrected chi connectivity index (χ4v) is 3.54. The van der Waals surface area contributed by atoms with Gasteiger partial charge in [0.2, 0.25) is 0 Å². The Labute approximate surface area is 178 Å². The first-order valence-corrected chi connectivity index (χ1v) is 11.4. The molecule has 2 rings (SSSR count). The third-order valence-corrected chi connectivity index (χ3v) is 5.58. The maximum Gasteiger partial charge on any atom is 0.119 e. The van der Waals surface area contributed by atoms with E-state index in [1.165, 1.54) is 59.6 Å². The molecule has 0 radical (unpaired) electrons. The molecule has 0 aliphatic heterocycles. The van der Waals surface area contributed by atoms with Crippen LogP contribution in [0.25, 0.3) is 11.1 Å². The smallest absolute Gasteiger partial charge is 0.119 e. The minimum absolute atomic E-state index is 0.374. The molecule has 0 bridgehead atoms. The van der Waals surface area contributed by atoms with Gasteiger partial charge in [0.1, 0.15) is 12.4 Å². The normalized spacial score (nSPS) is 12.1. The molecule has 27 heavy (non-hydrogen) atoms. The van der Waals surface area contributed by atoms with Crippen LogP contribution in [0.3, 0.4) is 0 Å². The molecule has 2 aromatic carbocycles. The maximum absolute atomic E-state index is 10.1. The van der Waals surface area contributed by atoms with Gasteiger partial charge in [0.15, 0.2) is 0 Å². The zero-order chi connectivity index (χ0) is 19.3. The summed E-state index contributed by atoms with van der Waals surface area (Å²) >= 11 is 2.31. The maximum atomic E-state index is 10.1. The summed E-state index contributed by atoms with van der Waals surface area (Å²) in [4.78, 5) is 0. The number of benzene rings is 2. The number of aliphatic hydroxyl groups is 1. The van der Waals surface area contributed by atoms with Crippen molar-refractivity contribution in [1.82, 2.24) is 0 Å². The Balaban J connectivity index is 1.61. The molecule has 0 aliphatic carbocycles. The largest absolute Gasteiger partial charge is 0.491 e. The highest BCUT2D eigenvalue weighted by atomic mass is 127. The summed E-state index contributed by atoms with van der Waals surface area (Å²) in [6.07, 6.45) is 10.8. The number of ether oxygens (including phenoxy) is 1. The van der Waals surface area contributed by atoms with Crippen LogP contribution in [0.5, 0.6) is 5.75 Å². The van der Waals surface area contributed by atoms with Gasteiger partial charge in [-0.25, -0.2) is 0 Å². The summed E-state index contributed by atoms with van der Waals surface area (Å²) < 4.78 is 6.99. The molecule has 1 unspecified atom stereocenters. The van der Waals surface area contributed by atoms with Gasteiger partial charge < -0.3 is 9.84 Å². The van der Waals surface area contributed by atoms with E-state index in [0.29, 0.717) is 6.61 Å². The second-order valence-electron chi connectivity index (χ2n) is 7.26. The fourth-order valence-electron chi connectivity index (χ4n) is 3.18. The van der Waals surface area contributed by atoms with Crippen LogP contribution < -0.4 is 4.74 Å². The first-order valence-electron chi connectivity index (χ1n) is 10.4. The van der Waals surface area contributed by atoms with Crippen molar-refractivity contribution >= 4 is 22.6 Å². The number of hydrogen-bond acceptors (Lipinski definition) is 2. The van der Waals surface area contributed by atoms with Gasteiger partial charge in [-0.15, -0.1) is 0 Å². The molecule has 0 heterocycles. The molecule has 1 N–H and O–H groups in total. The van der Waals surface area contributed by atoms with Gasteiger partial charge in [0.05, 0.1) is 6.10 Å². The lowest BCUT2D eigenvalue weighted by molar-refractivity contribution is 0.0975. The molecule has 0 saturated heterocycles. The van der Waals surface area contributed by atoms with E-state index in [2.05, 4.69) is 65.9 Å². The van der Waals surface area contributed by atoms with E-state index in [-0.39, 0.29) is 6.10 Å². The van der Waals surface area contributed by atoms with Gasteiger partial charge in [0.25, 0.3) is 0 Å². The summed E-state index contributed by atoms with van der Waals surface area (Å²) in [5, 5.41) is 10.1. The van der Waals surface area contributed by atoms with E-state index in [1.54, 1.807) is 0 Å². The Morgan fingerprint density at radius 1 is 0.778 bits per heavy atom. The molecule has 2 nitrogen and oxygen atoms in total. The van der Waals surface area contributed by atoms with E-state index in [1.807, 2.05) is 12.1 Å². The molecule has 0 aliphatic rings. The molecule has 0 spiro atoms. The van der Waals surface area contributed by atoms with Crippen LogP contribution in [0.15, 0.2) is 48.5 Å². The minimum atomic E-state index is -0.374. The van der Waals surface area contributed by atoms with Crippen molar-refractivity contribution in [2.75, 3.05) is 6.61 Å². The average molecular weight is 480 g/mol. The quantitative estimate of drug-likeness (QED) is 0.242. The van der Waals surface area contributed by atoms with Crippen LogP contribution in [0.2, 0.25) is 0 Å². The predicted molar refractivity (Wildman–Crippen MR) is 123 cm³/mol. The van der Waals surface area contributed by atoms with E-state index in [0.717, 1.165) is 18.6 Å². The first kappa shape index (κ1) is 22.2. The molecule has 148 valence electrons. The number of halogens is 1. The standard InChI is InChI=1S/C24H33IO2/c1-2-3-4-5-6-7-8-9-10-23(26)19-27-24-17-13-21(14-18-24)20-11-15-22(25)16-12-20/h11-18,23,26H,2-10,19H2,1H3. The molecule has 1 atom stereocenters. The van der Waals surface area contributed by atoms with E-state index in [4.69, 9.17) is 4.74 Å². The van der Waals surface area contributed by atoms with Crippen LogP contribution in [-0.4, -0.2) is 17.8 Å². The van der Waals surface area contributed by atoms with Crippen molar-refractivity contribution in [2.24, 2.45) is 0 Å². The zero-order valence-corrected chi connectivity index (χ0v) is 18.7. The Bertz CT molecular complexity index is 622. The van der Waals surface area contributed by atoms with Crippen molar-refractivity contribution in [3.63, 3.8) is 0 Å². The van der Waals surface area contributed by atoms with Crippen molar-refractivity contribution in [1.29, 1.82) is 0 Å². The summed E-state index contributed by atoms with van der Waals surface area (Å²) in [5.41, 5.74) is 2.38. The molecule has 0 fully saturated rings. The van der Waals surface area contributed by atoms with Crippen LogP contribution in [0, 0.1) is 3.57 Å². The van der Waals surface area contributed by atoms with Gasteiger partial charge in [-0.2, -0.15) is 0 Å². The fraction of sp³-hybridized carbons (Fsp3) is 0.500. The van der Waals surface area contributed by atoms with Crippen LogP contribution in [0.1, 0.15) is 64.7 Å². The summed E-state index contributed by atoms with van der Waals surface area (Å²) in [7, 11) is 0. The highest BCUT2D eigenvalue weighted by Crippen LogP contribution is 2.23.